The molecule has 4 fully saturated rings. The minimum atomic E-state index is -0.827. The third kappa shape index (κ3) is 1.88. The minimum absolute atomic E-state index is 0.133. The Morgan fingerprint density at radius 3 is 2.71 bits per heavy atom. The standard InChI is InChI=1S/C16H26O5/c1-10-4-5-12-14(2,17)8-18-13-16(12)9-19-21-15(3,20-13)7-6-11(10)16/h10-13,17H,4-9H2,1-3H3/t10-,11+,12?,13-,14+,15-,16?/m1/s1. The quantitative estimate of drug-likeness (QED) is 0.695. The Morgan fingerprint density at radius 1 is 1.10 bits per heavy atom. The number of hydrogen-bond acceptors (Lipinski definition) is 5. The summed E-state index contributed by atoms with van der Waals surface area (Å²) >= 11 is 0. The Morgan fingerprint density at radius 2 is 1.90 bits per heavy atom. The SMILES string of the molecule is C[C@@H]1CCC2C34COO[C@](C)(CC[C@@H]13)O[C@H]4OC[C@]2(C)O. The number of hydrogen-bond donors (Lipinski definition) is 1. The van der Waals surface area contributed by atoms with Crippen molar-refractivity contribution in [3.63, 3.8) is 0 Å². The molecule has 4 rings (SSSR count). The van der Waals surface area contributed by atoms with Gasteiger partial charge in [-0.2, -0.15) is 0 Å². The third-order valence-electron chi connectivity index (χ3n) is 6.46. The van der Waals surface area contributed by atoms with E-state index in [0.29, 0.717) is 25.0 Å². The van der Waals surface area contributed by atoms with Crippen LogP contribution in [0.25, 0.3) is 0 Å². The van der Waals surface area contributed by atoms with Crippen molar-refractivity contribution in [1.82, 2.24) is 0 Å². The van der Waals surface area contributed by atoms with Gasteiger partial charge in [0.1, 0.15) is 0 Å². The van der Waals surface area contributed by atoms with Crippen molar-refractivity contribution in [3.8, 4) is 0 Å². The van der Waals surface area contributed by atoms with Crippen LogP contribution in [0.15, 0.2) is 0 Å². The van der Waals surface area contributed by atoms with E-state index < -0.39 is 11.4 Å². The van der Waals surface area contributed by atoms with Gasteiger partial charge >= 0.3 is 0 Å². The highest BCUT2D eigenvalue weighted by Crippen LogP contribution is 2.62. The molecule has 2 bridgehead atoms. The molecule has 1 N–H and O–H groups in total. The van der Waals surface area contributed by atoms with Gasteiger partial charge in [0, 0.05) is 12.3 Å². The largest absolute Gasteiger partial charge is 0.387 e. The monoisotopic (exact) mass is 298 g/mol. The highest BCUT2D eigenvalue weighted by molar-refractivity contribution is 5.09. The average molecular weight is 298 g/mol. The van der Waals surface area contributed by atoms with Crippen LogP contribution in [0.2, 0.25) is 0 Å². The molecule has 3 saturated heterocycles. The van der Waals surface area contributed by atoms with E-state index in [1.54, 1.807) is 0 Å². The van der Waals surface area contributed by atoms with E-state index in [4.69, 9.17) is 19.2 Å². The predicted molar refractivity (Wildman–Crippen MR) is 73.9 cm³/mol. The van der Waals surface area contributed by atoms with Gasteiger partial charge in [0.25, 0.3) is 0 Å². The van der Waals surface area contributed by atoms with Crippen LogP contribution >= 0.6 is 0 Å². The van der Waals surface area contributed by atoms with E-state index in [2.05, 4.69) is 6.92 Å². The Bertz CT molecular complexity index is 438. The molecule has 1 spiro atoms. The molecule has 3 aliphatic heterocycles. The molecule has 120 valence electrons. The van der Waals surface area contributed by atoms with Crippen molar-refractivity contribution in [2.45, 2.75) is 64.1 Å². The van der Waals surface area contributed by atoms with Gasteiger partial charge in [0.15, 0.2) is 6.29 Å². The Kier molecular flexibility index (Phi) is 3.03. The lowest BCUT2D eigenvalue weighted by Crippen LogP contribution is -2.66. The third-order valence-corrected chi connectivity index (χ3v) is 6.46. The molecule has 0 aromatic heterocycles. The molecule has 2 unspecified atom stereocenters. The van der Waals surface area contributed by atoms with Crippen LogP contribution in [0.1, 0.15) is 46.5 Å². The zero-order valence-corrected chi connectivity index (χ0v) is 13.1. The Labute approximate surface area is 125 Å². The molecule has 4 aliphatic rings. The van der Waals surface area contributed by atoms with Gasteiger partial charge < -0.3 is 14.6 Å². The van der Waals surface area contributed by atoms with Crippen molar-refractivity contribution >= 4 is 0 Å². The van der Waals surface area contributed by atoms with Gasteiger partial charge in [-0.1, -0.05) is 13.3 Å². The summed E-state index contributed by atoms with van der Waals surface area (Å²) < 4.78 is 12.2. The zero-order chi connectivity index (χ0) is 14.9. The molecule has 0 aromatic carbocycles. The fourth-order valence-corrected chi connectivity index (χ4v) is 5.41. The first-order valence-corrected chi connectivity index (χ1v) is 8.20. The average Bonchev–Trinajstić information content (AvgIpc) is 2.61. The molecule has 1 saturated carbocycles. The van der Waals surface area contributed by atoms with Crippen molar-refractivity contribution in [1.29, 1.82) is 0 Å². The molecule has 5 heteroatoms. The summed E-state index contributed by atoms with van der Waals surface area (Å²) in [6, 6.07) is 0. The smallest absolute Gasteiger partial charge is 0.201 e. The Hall–Kier alpha value is -0.200. The highest BCUT2D eigenvalue weighted by Gasteiger charge is 2.67. The molecule has 0 amide bonds. The summed E-state index contributed by atoms with van der Waals surface area (Å²) in [6.45, 7) is 6.91. The highest BCUT2D eigenvalue weighted by atomic mass is 17.2. The summed E-state index contributed by atoms with van der Waals surface area (Å²) in [6.07, 6.45) is 3.64. The van der Waals surface area contributed by atoms with E-state index in [0.717, 1.165) is 25.7 Å². The molecule has 0 aromatic rings. The van der Waals surface area contributed by atoms with Gasteiger partial charge in [0.2, 0.25) is 5.79 Å². The van der Waals surface area contributed by atoms with Crippen LogP contribution in [0.3, 0.4) is 0 Å². The van der Waals surface area contributed by atoms with Crippen LogP contribution in [0.5, 0.6) is 0 Å². The summed E-state index contributed by atoms with van der Waals surface area (Å²) in [5, 5.41) is 10.9. The van der Waals surface area contributed by atoms with Gasteiger partial charge in [-0.05, 0) is 38.5 Å². The van der Waals surface area contributed by atoms with Gasteiger partial charge in [-0.3, -0.25) is 0 Å². The maximum absolute atomic E-state index is 10.9. The normalized spacial score (nSPS) is 60.0. The number of aliphatic hydroxyl groups is 1. The molecule has 1 aliphatic carbocycles. The summed E-state index contributed by atoms with van der Waals surface area (Å²) in [7, 11) is 0. The lowest BCUT2D eigenvalue weighted by atomic mass is 9.51. The van der Waals surface area contributed by atoms with Gasteiger partial charge in [0.05, 0.1) is 24.2 Å². The number of ether oxygens (including phenoxy) is 2. The van der Waals surface area contributed by atoms with E-state index in [-0.39, 0.29) is 17.6 Å². The maximum atomic E-state index is 10.9. The molecular weight excluding hydrogens is 272 g/mol. The Balaban J connectivity index is 1.85. The first-order valence-electron chi connectivity index (χ1n) is 8.20. The molecule has 21 heavy (non-hydrogen) atoms. The van der Waals surface area contributed by atoms with Gasteiger partial charge in [-0.15, -0.1) is 0 Å². The second kappa shape index (κ2) is 4.42. The van der Waals surface area contributed by atoms with Crippen molar-refractivity contribution in [3.05, 3.63) is 0 Å². The molecule has 3 heterocycles. The van der Waals surface area contributed by atoms with Crippen molar-refractivity contribution < 1.29 is 24.4 Å². The summed E-state index contributed by atoms with van der Waals surface area (Å²) in [5.74, 6) is 0.431. The van der Waals surface area contributed by atoms with Gasteiger partial charge in [-0.25, -0.2) is 9.78 Å². The maximum Gasteiger partial charge on any atom is 0.201 e. The summed E-state index contributed by atoms with van der Waals surface area (Å²) in [4.78, 5) is 11.1. The van der Waals surface area contributed by atoms with E-state index in [9.17, 15) is 5.11 Å². The summed E-state index contributed by atoms with van der Waals surface area (Å²) in [5.41, 5.74) is -1.12. The first kappa shape index (κ1) is 14.4. The van der Waals surface area contributed by atoms with Crippen LogP contribution in [-0.4, -0.2) is 36.0 Å². The first-order chi connectivity index (χ1) is 9.87. The lowest BCUT2D eigenvalue weighted by molar-refractivity contribution is -0.424. The van der Waals surface area contributed by atoms with Crippen LogP contribution < -0.4 is 0 Å². The molecule has 7 atom stereocenters. The topological polar surface area (TPSA) is 57.2 Å². The van der Waals surface area contributed by atoms with E-state index in [1.807, 2.05) is 13.8 Å². The second-order valence-electron chi connectivity index (χ2n) is 7.96. The number of fused-ring (bicyclic) bond motifs is 1. The van der Waals surface area contributed by atoms with Crippen molar-refractivity contribution in [2.75, 3.05) is 13.2 Å². The van der Waals surface area contributed by atoms with E-state index >= 15 is 0 Å². The van der Waals surface area contributed by atoms with Crippen LogP contribution in [0.4, 0.5) is 0 Å². The predicted octanol–water partition coefficient (Wildman–Crippen LogP) is 2.23. The van der Waals surface area contributed by atoms with Crippen LogP contribution in [-0.2, 0) is 19.2 Å². The second-order valence-corrected chi connectivity index (χ2v) is 7.96. The number of rotatable bonds is 0. The zero-order valence-electron chi connectivity index (χ0n) is 13.1. The molecule has 0 radical (unpaired) electrons. The van der Waals surface area contributed by atoms with E-state index in [1.165, 1.54) is 0 Å². The fourth-order valence-electron chi connectivity index (χ4n) is 5.41. The van der Waals surface area contributed by atoms with Crippen LogP contribution in [0, 0.1) is 23.2 Å². The van der Waals surface area contributed by atoms with Crippen molar-refractivity contribution in [2.24, 2.45) is 23.2 Å². The lowest BCUT2D eigenvalue weighted by Gasteiger charge is -2.59. The molecular formula is C16H26O5. The molecule has 5 nitrogen and oxygen atoms in total. The fraction of sp³-hybridized carbons (Fsp3) is 1.00. The minimum Gasteiger partial charge on any atom is -0.387 e.